The van der Waals surface area contributed by atoms with Crippen molar-refractivity contribution in [2.24, 2.45) is 10.1 Å². The summed E-state index contributed by atoms with van der Waals surface area (Å²) in [6.45, 7) is 0. The zero-order valence-corrected chi connectivity index (χ0v) is 15.4. The summed E-state index contributed by atoms with van der Waals surface area (Å²) in [6, 6.07) is 8.98. The number of rotatable bonds is 3. The van der Waals surface area contributed by atoms with Crippen molar-refractivity contribution in [3.8, 4) is 11.3 Å². The number of alkyl halides is 3. The molecule has 2 aromatic rings. The Morgan fingerprint density at radius 3 is 2.73 bits per heavy atom. The van der Waals surface area contributed by atoms with Crippen LogP contribution in [0.15, 0.2) is 56.5 Å². The lowest BCUT2D eigenvalue weighted by Gasteiger charge is -2.19. The second kappa shape index (κ2) is 6.99. The van der Waals surface area contributed by atoms with Crippen molar-refractivity contribution in [1.29, 1.82) is 5.41 Å². The van der Waals surface area contributed by atoms with Crippen molar-refractivity contribution >= 4 is 45.8 Å². The molecule has 2 aliphatic heterocycles. The standard InChI is InChI=1S/C18H9F3N4O4S/c19-18(20,21)16-24-25-13(22)11(14(26)23-17(25)30-16)7-10-4-5-12(29-10)8-2-1-3-9(6-8)15(27)28/h1-7,22H,(H,27,28). The summed E-state index contributed by atoms with van der Waals surface area (Å²) in [5.74, 6) is -2.14. The number of carbonyl (C=O) groups excluding carboxylic acids is 1. The van der Waals surface area contributed by atoms with E-state index in [1.165, 1.54) is 36.4 Å². The first kappa shape index (κ1) is 19.6. The Balaban J connectivity index is 1.64. The number of carboxylic acid groups (broad SMARTS) is 1. The lowest BCUT2D eigenvalue weighted by atomic mass is 10.1. The van der Waals surface area contributed by atoms with Gasteiger partial charge in [0.05, 0.1) is 11.1 Å². The highest BCUT2D eigenvalue weighted by molar-refractivity contribution is 8.27. The Morgan fingerprint density at radius 2 is 2.03 bits per heavy atom. The number of benzene rings is 1. The maximum absolute atomic E-state index is 12.9. The molecule has 0 saturated heterocycles. The van der Waals surface area contributed by atoms with Crippen LogP contribution < -0.4 is 0 Å². The number of amides is 1. The number of thioether (sulfide) groups is 1. The van der Waals surface area contributed by atoms with E-state index >= 15 is 0 Å². The largest absolute Gasteiger partial charge is 0.478 e. The van der Waals surface area contributed by atoms with E-state index in [0.29, 0.717) is 16.3 Å². The van der Waals surface area contributed by atoms with E-state index in [9.17, 15) is 22.8 Å². The molecule has 0 spiro atoms. The first-order valence-electron chi connectivity index (χ1n) is 8.14. The predicted octanol–water partition coefficient (Wildman–Crippen LogP) is 3.83. The van der Waals surface area contributed by atoms with Crippen molar-refractivity contribution in [3.63, 3.8) is 0 Å². The molecule has 152 valence electrons. The number of nitrogens with one attached hydrogen (secondary N) is 1. The van der Waals surface area contributed by atoms with Crippen molar-refractivity contribution in [2.45, 2.75) is 6.18 Å². The van der Waals surface area contributed by atoms with Gasteiger partial charge < -0.3 is 9.52 Å². The van der Waals surface area contributed by atoms with Crippen LogP contribution in [0.2, 0.25) is 0 Å². The molecule has 30 heavy (non-hydrogen) atoms. The molecule has 3 heterocycles. The first-order valence-corrected chi connectivity index (χ1v) is 8.96. The van der Waals surface area contributed by atoms with Crippen LogP contribution in [0.25, 0.3) is 17.4 Å². The summed E-state index contributed by atoms with van der Waals surface area (Å²) >= 11 is 0.163. The SMILES string of the molecule is N=C1C(=Cc2ccc(-c3cccc(C(=O)O)c3)o2)C(=O)N=C2SC(C(F)(F)F)=NN12. The normalized spacial score (nSPS) is 17.8. The zero-order chi connectivity index (χ0) is 21.6. The number of nitrogens with zero attached hydrogens (tertiary/aromatic N) is 3. The van der Waals surface area contributed by atoms with Gasteiger partial charge in [-0.1, -0.05) is 12.1 Å². The molecule has 1 aromatic carbocycles. The number of aromatic carboxylic acids is 1. The molecule has 0 unspecified atom stereocenters. The quantitative estimate of drug-likeness (QED) is 0.709. The molecule has 8 nitrogen and oxygen atoms in total. The van der Waals surface area contributed by atoms with Gasteiger partial charge in [0.1, 0.15) is 11.5 Å². The molecule has 12 heteroatoms. The van der Waals surface area contributed by atoms with Crippen molar-refractivity contribution < 1.29 is 32.3 Å². The van der Waals surface area contributed by atoms with Gasteiger partial charge in [-0.2, -0.15) is 28.3 Å². The van der Waals surface area contributed by atoms with Gasteiger partial charge in [-0.25, -0.2) is 4.79 Å². The number of hydrogen-bond donors (Lipinski definition) is 2. The minimum absolute atomic E-state index is 0.0553. The fourth-order valence-electron chi connectivity index (χ4n) is 2.64. The minimum atomic E-state index is -4.72. The van der Waals surface area contributed by atoms with Gasteiger partial charge in [-0.05, 0) is 42.1 Å². The number of fused-ring (bicyclic) bond motifs is 1. The molecule has 1 aromatic heterocycles. The number of halogens is 3. The topological polar surface area (TPSA) is 119 Å². The number of carbonyl (C=O) groups is 2. The Labute approximate surface area is 169 Å². The third kappa shape index (κ3) is 3.52. The summed E-state index contributed by atoms with van der Waals surface area (Å²) in [4.78, 5) is 26.9. The van der Waals surface area contributed by atoms with Gasteiger partial charge in [0.15, 0.2) is 5.84 Å². The van der Waals surface area contributed by atoms with E-state index < -0.39 is 28.9 Å². The maximum Gasteiger partial charge on any atom is 0.441 e. The maximum atomic E-state index is 12.9. The minimum Gasteiger partial charge on any atom is -0.478 e. The van der Waals surface area contributed by atoms with Crippen LogP contribution in [0.5, 0.6) is 0 Å². The molecule has 0 atom stereocenters. The van der Waals surface area contributed by atoms with Gasteiger partial charge in [0.25, 0.3) is 5.91 Å². The third-order valence-corrected chi connectivity index (χ3v) is 4.96. The molecule has 1 amide bonds. The van der Waals surface area contributed by atoms with Gasteiger partial charge in [-0.3, -0.25) is 10.2 Å². The highest BCUT2D eigenvalue weighted by Gasteiger charge is 2.46. The van der Waals surface area contributed by atoms with Crippen LogP contribution in [0, 0.1) is 5.41 Å². The molecular formula is C18H9F3N4O4S. The van der Waals surface area contributed by atoms with E-state index in [1.54, 1.807) is 6.07 Å². The summed E-state index contributed by atoms with van der Waals surface area (Å²) in [5.41, 5.74) is 0.228. The van der Waals surface area contributed by atoms with Crippen LogP contribution in [-0.2, 0) is 4.79 Å². The van der Waals surface area contributed by atoms with E-state index in [4.69, 9.17) is 14.9 Å². The summed E-state index contributed by atoms with van der Waals surface area (Å²) in [5, 5.41) is 19.5. The molecule has 2 aliphatic rings. The van der Waals surface area contributed by atoms with Gasteiger partial charge >= 0.3 is 12.1 Å². The molecule has 0 radical (unpaired) electrons. The Kier molecular flexibility index (Phi) is 4.57. The fourth-order valence-corrected chi connectivity index (χ4v) is 3.40. The Bertz CT molecular complexity index is 1200. The average Bonchev–Trinajstić information content (AvgIpc) is 3.32. The van der Waals surface area contributed by atoms with Crippen molar-refractivity contribution in [1.82, 2.24) is 5.01 Å². The molecular weight excluding hydrogens is 425 g/mol. The summed E-state index contributed by atoms with van der Waals surface area (Å²) in [7, 11) is 0. The van der Waals surface area contributed by atoms with Gasteiger partial charge in [0.2, 0.25) is 10.2 Å². The fraction of sp³-hybridized carbons (Fsp3) is 0.0556. The second-order valence-corrected chi connectivity index (χ2v) is 6.97. The van der Waals surface area contributed by atoms with E-state index in [1.807, 2.05) is 0 Å². The van der Waals surface area contributed by atoms with Crippen LogP contribution >= 0.6 is 11.8 Å². The van der Waals surface area contributed by atoms with E-state index in [2.05, 4.69) is 10.1 Å². The number of hydrogen-bond acceptors (Lipinski definition) is 6. The van der Waals surface area contributed by atoms with E-state index in [-0.39, 0.29) is 33.8 Å². The highest BCUT2D eigenvalue weighted by atomic mass is 32.2. The van der Waals surface area contributed by atoms with Crippen molar-refractivity contribution in [3.05, 3.63) is 53.3 Å². The van der Waals surface area contributed by atoms with Crippen LogP contribution in [0.4, 0.5) is 13.2 Å². The molecule has 0 saturated carbocycles. The molecule has 0 aliphatic carbocycles. The number of carboxylic acids is 1. The summed E-state index contributed by atoms with van der Waals surface area (Å²) in [6.07, 6.45) is -3.56. The second-order valence-electron chi connectivity index (χ2n) is 6.01. The predicted molar refractivity (Wildman–Crippen MR) is 102 cm³/mol. The number of aliphatic imine (C=N–C) groups is 1. The van der Waals surface area contributed by atoms with Crippen molar-refractivity contribution in [2.75, 3.05) is 0 Å². The smallest absolute Gasteiger partial charge is 0.441 e. The zero-order valence-electron chi connectivity index (χ0n) is 14.6. The number of amidine groups is 2. The lowest BCUT2D eigenvalue weighted by Crippen LogP contribution is -2.35. The van der Waals surface area contributed by atoms with Gasteiger partial charge in [-0.15, -0.1) is 0 Å². The molecule has 2 N–H and O–H groups in total. The third-order valence-electron chi connectivity index (χ3n) is 4.00. The van der Waals surface area contributed by atoms with Gasteiger partial charge in [0, 0.05) is 5.56 Å². The Morgan fingerprint density at radius 1 is 1.27 bits per heavy atom. The molecule has 4 rings (SSSR count). The van der Waals surface area contributed by atoms with Crippen LogP contribution in [0.3, 0.4) is 0 Å². The monoisotopic (exact) mass is 434 g/mol. The summed E-state index contributed by atoms with van der Waals surface area (Å²) < 4.78 is 44.2. The molecule has 0 bridgehead atoms. The van der Waals surface area contributed by atoms with Crippen LogP contribution in [-0.4, -0.2) is 44.2 Å². The Hall–Kier alpha value is -3.67. The number of hydrazone groups is 1. The first-order chi connectivity index (χ1) is 14.1. The highest BCUT2D eigenvalue weighted by Crippen LogP contribution is 2.35. The van der Waals surface area contributed by atoms with E-state index in [0.717, 1.165) is 0 Å². The van der Waals surface area contributed by atoms with Crippen LogP contribution in [0.1, 0.15) is 16.1 Å². The lowest BCUT2D eigenvalue weighted by molar-refractivity contribution is -0.114. The molecule has 0 fully saturated rings. The average molecular weight is 434 g/mol. The number of furan rings is 1.